The Balaban J connectivity index is 1.95. The molecule has 2 rings (SSSR count). The van der Waals surface area contributed by atoms with Crippen molar-refractivity contribution in [1.82, 2.24) is 5.32 Å². The van der Waals surface area contributed by atoms with E-state index in [0.717, 1.165) is 11.1 Å². The Bertz CT molecular complexity index is 771. The van der Waals surface area contributed by atoms with E-state index in [9.17, 15) is 9.59 Å². The molecule has 0 spiro atoms. The lowest BCUT2D eigenvalue weighted by Crippen LogP contribution is -2.19. The second-order valence-corrected chi connectivity index (χ2v) is 5.86. The van der Waals surface area contributed by atoms with Crippen LogP contribution in [-0.4, -0.2) is 18.9 Å². The Kier molecular flexibility index (Phi) is 6.41. The van der Waals surface area contributed by atoms with Crippen molar-refractivity contribution >= 4 is 46.8 Å². The highest BCUT2D eigenvalue weighted by Gasteiger charge is 2.02. The molecular weight excluding hydrogens is 347 g/mol. The first-order valence-corrected chi connectivity index (χ1v) is 7.97. The van der Waals surface area contributed by atoms with Gasteiger partial charge in [-0.3, -0.25) is 9.59 Å². The molecule has 0 bridgehead atoms. The van der Waals surface area contributed by atoms with Gasteiger partial charge < -0.3 is 10.6 Å². The summed E-state index contributed by atoms with van der Waals surface area (Å²) in [5, 5.41) is 6.22. The Morgan fingerprint density at radius 1 is 1.04 bits per heavy atom. The molecule has 2 aromatic rings. The van der Waals surface area contributed by atoms with E-state index in [0.29, 0.717) is 22.2 Å². The Morgan fingerprint density at radius 3 is 2.38 bits per heavy atom. The molecule has 0 saturated heterocycles. The zero-order valence-electron chi connectivity index (χ0n) is 13.0. The molecular formula is C18H16Cl2N2O2. The quantitative estimate of drug-likeness (QED) is 0.791. The molecule has 2 amide bonds. The average molecular weight is 363 g/mol. The molecule has 2 N–H and O–H groups in total. The number of carbonyl (C=O) groups excluding carboxylic acids is 2. The van der Waals surface area contributed by atoms with Gasteiger partial charge in [0.15, 0.2) is 0 Å². The van der Waals surface area contributed by atoms with Gasteiger partial charge in [0.05, 0.1) is 16.5 Å². The number of nitrogens with one attached hydrogen (secondary N) is 2. The molecule has 0 aliphatic rings. The molecule has 0 unspecified atom stereocenters. The van der Waals surface area contributed by atoms with Crippen LogP contribution < -0.4 is 10.6 Å². The van der Waals surface area contributed by atoms with Crippen molar-refractivity contribution < 1.29 is 9.59 Å². The van der Waals surface area contributed by atoms with Gasteiger partial charge in [0, 0.05) is 18.8 Å². The molecule has 4 nitrogen and oxygen atoms in total. The lowest BCUT2D eigenvalue weighted by atomic mass is 10.1. The van der Waals surface area contributed by atoms with Crippen molar-refractivity contribution in [2.45, 2.75) is 6.42 Å². The monoisotopic (exact) mass is 362 g/mol. The highest BCUT2D eigenvalue weighted by atomic mass is 35.5. The number of hydrogen-bond donors (Lipinski definition) is 2. The van der Waals surface area contributed by atoms with Crippen LogP contribution in [0.25, 0.3) is 6.08 Å². The molecule has 0 radical (unpaired) electrons. The summed E-state index contributed by atoms with van der Waals surface area (Å²) in [6.45, 7) is 0. The fourth-order valence-electron chi connectivity index (χ4n) is 1.95. The Morgan fingerprint density at radius 2 is 1.75 bits per heavy atom. The van der Waals surface area contributed by atoms with Gasteiger partial charge >= 0.3 is 0 Å². The van der Waals surface area contributed by atoms with Crippen LogP contribution in [-0.2, 0) is 16.0 Å². The summed E-state index contributed by atoms with van der Waals surface area (Å²) in [4.78, 5) is 23.2. The number of anilines is 1. The summed E-state index contributed by atoms with van der Waals surface area (Å²) in [5.41, 5.74) is 2.30. The lowest BCUT2D eigenvalue weighted by molar-refractivity contribution is -0.120. The fraction of sp³-hybridized carbons (Fsp3) is 0.111. The number of hydrogen-bond acceptors (Lipinski definition) is 2. The summed E-state index contributed by atoms with van der Waals surface area (Å²) in [5.74, 6) is -0.323. The van der Waals surface area contributed by atoms with E-state index in [2.05, 4.69) is 10.6 Å². The van der Waals surface area contributed by atoms with Crippen LogP contribution in [0.15, 0.2) is 48.5 Å². The van der Waals surface area contributed by atoms with Gasteiger partial charge in [-0.15, -0.1) is 0 Å². The van der Waals surface area contributed by atoms with Crippen LogP contribution >= 0.6 is 23.2 Å². The van der Waals surface area contributed by atoms with Crippen molar-refractivity contribution in [3.8, 4) is 0 Å². The van der Waals surface area contributed by atoms with Crippen molar-refractivity contribution in [1.29, 1.82) is 0 Å². The molecule has 0 atom stereocenters. The largest absolute Gasteiger partial charge is 0.359 e. The maximum atomic E-state index is 11.9. The third kappa shape index (κ3) is 5.41. The minimum absolute atomic E-state index is 0.0589. The predicted octanol–water partition coefficient (Wildman–Crippen LogP) is 3.93. The van der Waals surface area contributed by atoms with Gasteiger partial charge in [0.2, 0.25) is 11.8 Å². The Hall–Kier alpha value is -2.30. The minimum atomic E-state index is -0.264. The van der Waals surface area contributed by atoms with Crippen LogP contribution in [0.2, 0.25) is 10.0 Å². The number of likely N-dealkylation sites (N-methyl/N-ethyl adjacent to an activating group) is 1. The van der Waals surface area contributed by atoms with Gasteiger partial charge in [0.25, 0.3) is 0 Å². The summed E-state index contributed by atoms with van der Waals surface area (Å²) >= 11 is 11.8. The first-order chi connectivity index (χ1) is 11.5. The van der Waals surface area contributed by atoms with Crippen molar-refractivity contribution in [3.05, 3.63) is 69.7 Å². The fourth-order valence-corrected chi connectivity index (χ4v) is 2.26. The molecule has 124 valence electrons. The van der Waals surface area contributed by atoms with Gasteiger partial charge in [-0.1, -0.05) is 41.4 Å². The van der Waals surface area contributed by atoms with E-state index >= 15 is 0 Å². The average Bonchev–Trinajstić information content (AvgIpc) is 2.57. The van der Waals surface area contributed by atoms with Crippen LogP contribution in [0.4, 0.5) is 5.69 Å². The number of halogens is 2. The normalized spacial score (nSPS) is 10.6. The first-order valence-electron chi connectivity index (χ1n) is 7.21. The van der Waals surface area contributed by atoms with E-state index in [4.69, 9.17) is 23.2 Å². The van der Waals surface area contributed by atoms with Crippen LogP contribution in [0, 0.1) is 0 Å². The van der Waals surface area contributed by atoms with E-state index in [1.54, 1.807) is 55.6 Å². The van der Waals surface area contributed by atoms with E-state index in [-0.39, 0.29) is 11.8 Å². The molecule has 0 heterocycles. The van der Waals surface area contributed by atoms with Gasteiger partial charge in [-0.25, -0.2) is 0 Å². The Labute approximate surface area is 150 Å². The highest BCUT2D eigenvalue weighted by molar-refractivity contribution is 6.42. The molecule has 0 aromatic heterocycles. The lowest BCUT2D eigenvalue weighted by Gasteiger charge is -2.04. The highest BCUT2D eigenvalue weighted by Crippen LogP contribution is 2.23. The summed E-state index contributed by atoms with van der Waals surface area (Å²) in [6.07, 6.45) is 3.37. The standard InChI is InChI=1S/C18H16Cl2N2O2/c1-21-18(24)11-13-2-6-14(7-3-13)22-17(23)9-5-12-4-8-15(19)16(20)10-12/h2-10H,11H2,1H3,(H,21,24)(H,22,23)/b9-5+. The first kappa shape index (κ1) is 18.0. The van der Waals surface area contributed by atoms with Crippen LogP contribution in [0.5, 0.6) is 0 Å². The second kappa shape index (κ2) is 8.52. The van der Waals surface area contributed by atoms with Gasteiger partial charge in [0.1, 0.15) is 0 Å². The molecule has 0 fully saturated rings. The zero-order chi connectivity index (χ0) is 17.5. The molecule has 24 heavy (non-hydrogen) atoms. The summed E-state index contributed by atoms with van der Waals surface area (Å²) in [7, 11) is 1.59. The zero-order valence-corrected chi connectivity index (χ0v) is 14.5. The molecule has 0 aliphatic heterocycles. The van der Waals surface area contributed by atoms with E-state index in [1.165, 1.54) is 6.08 Å². The number of benzene rings is 2. The summed E-state index contributed by atoms with van der Waals surface area (Å²) < 4.78 is 0. The van der Waals surface area contributed by atoms with Crippen molar-refractivity contribution in [3.63, 3.8) is 0 Å². The van der Waals surface area contributed by atoms with E-state index < -0.39 is 0 Å². The maximum Gasteiger partial charge on any atom is 0.248 e. The van der Waals surface area contributed by atoms with Crippen LogP contribution in [0.1, 0.15) is 11.1 Å². The smallest absolute Gasteiger partial charge is 0.248 e. The molecule has 2 aromatic carbocycles. The van der Waals surface area contributed by atoms with Gasteiger partial charge in [-0.2, -0.15) is 0 Å². The maximum absolute atomic E-state index is 11.9. The minimum Gasteiger partial charge on any atom is -0.359 e. The van der Waals surface area contributed by atoms with Crippen molar-refractivity contribution in [2.24, 2.45) is 0 Å². The SMILES string of the molecule is CNC(=O)Cc1ccc(NC(=O)/C=C/c2ccc(Cl)c(Cl)c2)cc1. The van der Waals surface area contributed by atoms with Gasteiger partial charge in [-0.05, 0) is 41.5 Å². The van der Waals surface area contributed by atoms with E-state index in [1.807, 2.05) is 0 Å². The second-order valence-electron chi connectivity index (χ2n) is 5.04. The van der Waals surface area contributed by atoms with Crippen molar-refractivity contribution in [2.75, 3.05) is 12.4 Å². The third-order valence-electron chi connectivity index (χ3n) is 3.24. The predicted molar refractivity (Wildman–Crippen MR) is 98.3 cm³/mol. The number of amides is 2. The summed E-state index contributed by atoms with van der Waals surface area (Å²) in [6, 6.07) is 12.2. The third-order valence-corrected chi connectivity index (χ3v) is 3.97. The molecule has 0 saturated carbocycles. The van der Waals surface area contributed by atoms with Crippen LogP contribution in [0.3, 0.4) is 0 Å². The topological polar surface area (TPSA) is 58.2 Å². The molecule has 0 aliphatic carbocycles. The number of rotatable bonds is 5. The number of carbonyl (C=O) groups is 2. The molecule has 6 heteroatoms.